The number of nitrogens with one attached hydrogen (secondary N) is 1. The maximum absolute atomic E-state index is 12.8. The first-order valence-electron chi connectivity index (χ1n) is 7.89. The molecule has 0 aliphatic carbocycles. The number of amides is 1. The molecule has 1 amide bonds. The van der Waals surface area contributed by atoms with Gasteiger partial charge in [-0.05, 0) is 17.7 Å². The van der Waals surface area contributed by atoms with E-state index in [2.05, 4.69) is 10.3 Å². The van der Waals surface area contributed by atoms with E-state index < -0.39 is 22.6 Å². The molecule has 0 aliphatic heterocycles. The van der Waals surface area contributed by atoms with Crippen LogP contribution in [-0.4, -0.2) is 15.8 Å². The molecule has 1 aromatic heterocycles. The first-order chi connectivity index (χ1) is 13.2. The van der Waals surface area contributed by atoms with E-state index in [4.69, 9.17) is 0 Å². The quantitative estimate of drug-likeness (QED) is 0.481. The molecule has 1 N–H and O–H groups in total. The number of halogens is 3. The number of nitro groups is 1. The normalized spacial score (nSPS) is 11.2. The molecule has 6 nitrogen and oxygen atoms in total. The molecule has 1 heterocycles. The topological polar surface area (TPSA) is 85.1 Å². The maximum Gasteiger partial charge on any atom is 0.416 e. The van der Waals surface area contributed by atoms with Crippen molar-refractivity contribution in [3.63, 3.8) is 0 Å². The van der Waals surface area contributed by atoms with Crippen LogP contribution in [0, 0.1) is 10.1 Å². The molecule has 0 saturated carbocycles. The number of nitrogens with zero attached hydrogens (tertiary/aromatic N) is 2. The Morgan fingerprint density at radius 3 is 2.64 bits per heavy atom. The van der Waals surface area contributed by atoms with Gasteiger partial charge in [-0.25, -0.2) is 4.98 Å². The Labute approximate surface area is 160 Å². The second-order valence-corrected chi connectivity index (χ2v) is 6.88. The van der Waals surface area contributed by atoms with Crippen molar-refractivity contribution >= 4 is 28.1 Å². The predicted octanol–water partition coefficient (Wildman–Crippen LogP) is 4.91. The van der Waals surface area contributed by atoms with Crippen molar-refractivity contribution in [3.8, 4) is 0 Å². The number of alkyl halides is 3. The van der Waals surface area contributed by atoms with Crippen molar-refractivity contribution in [1.82, 2.24) is 4.98 Å². The summed E-state index contributed by atoms with van der Waals surface area (Å²) in [6.45, 7) is 0. The molecular weight excluding hydrogens is 395 g/mol. The van der Waals surface area contributed by atoms with Gasteiger partial charge < -0.3 is 0 Å². The molecule has 28 heavy (non-hydrogen) atoms. The Kier molecular flexibility index (Phi) is 5.41. The molecule has 3 rings (SSSR count). The first-order valence-corrected chi connectivity index (χ1v) is 8.70. The van der Waals surface area contributed by atoms with Gasteiger partial charge in [0.1, 0.15) is 0 Å². The van der Waals surface area contributed by atoms with Gasteiger partial charge in [-0.2, -0.15) is 13.2 Å². The third-order valence-electron chi connectivity index (χ3n) is 3.73. The smallest absolute Gasteiger partial charge is 0.298 e. The third kappa shape index (κ3) is 4.71. The number of rotatable bonds is 5. The fourth-order valence-electron chi connectivity index (χ4n) is 2.44. The van der Waals surface area contributed by atoms with Gasteiger partial charge in [-0.15, -0.1) is 11.3 Å². The van der Waals surface area contributed by atoms with Crippen LogP contribution in [0.2, 0.25) is 0 Å². The van der Waals surface area contributed by atoms with Crippen molar-refractivity contribution in [3.05, 3.63) is 86.4 Å². The highest BCUT2D eigenvalue weighted by Crippen LogP contribution is 2.30. The number of non-ortho nitro benzene ring substituents is 1. The molecule has 0 aliphatic rings. The van der Waals surface area contributed by atoms with Gasteiger partial charge in [-0.1, -0.05) is 24.3 Å². The lowest BCUT2D eigenvalue weighted by molar-refractivity contribution is -0.384. The third-order valence-corrected chi connectivity index (χ3v) is 4.64. The summed E-state index contributed by atoms with van der Waals surface area (Å²) in [6, 6.07) is 10.2. The number of carbonyl (C=O) groups is 1. The van der Waals surface area contributed by atoms with E-state index in [-0.39, 0.29) is 22.8 Å². The Morgan fingerprint density at radius 1 is 1.18 bits per heavy atom. The Balaban J connectivity index is 1.70. The monoisotopic (exact) mass is 407 g/mol. The van der Waals surface area contributed by atoms with Crippen LogP contribution in [0.25, 0.3) is 0 Å². The van der Waals surface area contributed by atoms with Crippen molar-refractivity contribution in [2.45, 2.75) is 12.6 Å². The molecule has 10 heteroatoms. The van der Waals surface area contributed by atoms with E-state index >= 15 is 0 Å². The van der Waals surface area contributed by atoms with Crippen LogP contribution in [0.1, 0.15) is 26.4 Å². The Bertz CT molecular complexity index is 1030. The molecule has 2 aromatic carbocycles. The number of anilines is 1. The minimum absolute atomic E-state index is 0.101. The fraction of sp³-hybridized carbons (Fsp3) is 0.111. The van der Waals surface area contributed by atoms with Gasteiger partial charge in [0.15, 0.2) is 5.13 Å². The standard InChI is InChI=1S/C18H12F3N3O3S/c19-18(20,21)13-5-1-3-11(7-13)8-15-10-22-17(28-15)23-16(25)12-4-2-6-14(9-12)24(26)27/h1-7,9-10H,8H2,(H,22,23,25). The largest absolute Gasteiger partial charge is 0.416 e. The highest BCUT2D eigenvalue weighted by molar-refractivity contribution is 7.15. The Morgan fingerprint density at radius 2 is 1.93 bits per heavy atom. The highest BCUT2D eigenvalue weighted by atomic mass is 32.1. The molecule has 0 saturated heterocycles. The minimum atomic E-state index is -4.42. The zero-order chi connectivity index (χ0) is 20.3. The lowest BCUT2D eigenvalue weighted by Crippen LogP contribution is -2.11. The van der Waals surface area contributed by atoms with Gasteiger partial charge >= 0.3 is 6.18 Å². The zero-order valence-electron chi connectivity index (χ0n) is 14.1. The molecule has 0 atom stereocenters. The summed E-state index contributed by atoms with van der Waals surface area (Å²) in [5.41, 5.74) is -0.371. The van der Waals surface area contributed by atoms with Crippen LogP contribution in [0.5, 0.6) is 0 Å². The molecule has 3 aromatic rings. The molecule has 0 spiro atoms. The summed E-state index contributed by atoms with van der Waals surface area (Å²) in [5, 5.41) is 13.6. The van der Waals surface area contributed by atoms with E-state index in [9.17, 15) is 28.1 Å². The molecule has 0 bridgehead atoms. The lowest BCUT2D eigenvalue weighted by atomic mass is 10.1. The van der Waals surface area contributed by atoms with Crippen molar-refractivity contribution < 1.29 is 22.9 Å². The summed E-state index contributed by atoms with van der Waals surface area (Å²) in [5.74, 6) is -0.566. The van der Waals surface area contributed by atoms with Crippen LogP contribution >= 0.6 is 11.3 Å². The van der Waals surface area contributed by atoms with Gasteiger partial charge in [0.05, 0.1) is 10.5 Å². The number of benzene rings is 2. The Hall–Kier alpha value is -3.27. The summed E-state index contributed by atoms with van der Waals surface area (Å²) >= 11 is 1.12. The van der Waals surface area contributed by atoms with Crippen LogP contribution in [0.3, 0.4) is 0 Å². The second kappa shape index (κ2) is 7.77. The average Bonchev–Trinajstić information content (AvgIpc) is 3.08. The summed E-state index contributed by atoms with van der Waals surface area (Å²) in [6.07, 6.45) is -2.72. The lowest BCUT2D eigenvalue weighted by Gasteiger charge is -2.07. The SMILES string of the molecule is O=C(Nc1ncc(Cc2cccc(C(F)(F)F)c2)s1)c1cccc([N+](=O)[O-])c1. The summed E-state index contributed by atoms with van der Waals surface area (Å²) < 4.78 is 38.4. The highest BCUT2D eigenvalue weighted by Gasteiger charge is 2.30. The number of hydrogen-bond acceptors (Lipinski definition) is 5. The van der Waals surface area contributed by atoms with Crippen molar-refractivity contribution in [2.75, 3.05) is 5.32 Å². The van der Waals surface area contributed by atoms with E-state index in [0.29, 0.717) is 10.4 Å². The van der Waals surface area contributed by atoms with Gasteiger partial charge in [0.2, 0.25) is 0 Å². The van der Waals surface area contributed by atoms with Crippen LogP contribution < -0.4 is 5.32 Å². The number of thiazole rings is 1. The number of aromatic nitrogens is 1. The molecule has 0 radical (unpaired) electrons. The second-order valence-electron chi connectivity index (χ2n) is 5.77. The molecule has 144 valence electrons. The number of hydrogen-bond donors (Lipinski definition) is 1. The van der Waals surface area contributed by atoms with E-state index in [1.54, 1.807) is 6.07 Å². The van der Waals surface area contributed by atoms with Crippen LogP contribution in [0.15, 0.2) is 54.7 Å². The predicted molar refractivity (Wildman–Crippen MR) is 97.4 cm³/mol. The van der Waals surface area contributed by atoms with E-state index in [1.807, 2.05) is 0 Å². The summed E-state index contributed by atoms with van der Waals surface area (Å²) in [4.78, 5) is 27.1. The van der Waals surface area contributed by atoms with Crippen LogP contribution in [-0.2, 0) is 12.6 Å². The number of nitro benzene ring substituents is 1. The zero-order valence-corrected chi connectivity index (χ0v) is 14.9. The maximum atomic E-state index is 12.8. The average molecular weight is 407 g/mol. The van der Waals surface area contributed by atoms with E-state index in [1.165, 1.54) is 30.5 Å². The van der Waals surface area contributed by atoms with Gasteiger partial charge in [-0.3, -0.25) is 20.2 Å². The van der Waals surface area contributed by atoms with Crippen LogP contribution in [0.4, 0.5) is 24.0 Å². The summed E-state index contributed by atoms with van der Waals surface area (Å²) in [7, 11) is 0. The molecular formula is C18H12F3N3O3S. The van der Waals surface area contributed by atoms with Gasteiger partial charge in [0, 0.05) is 35.2 Å². The minimum Gasteiger partial charge on any atom is -0.298 e. The number of carbonyl (C=O) groups excluding carboxylic acids is 1. The fourth-order valence-corrected chi connectivity index (χ4v) is 3.28. The molecule has 0 unspecified atom stereocenters. The first kappa shape index (κ1) is 19.5. The van der Waals surface area contributed by atoms with Gasteiger partial charge in [0.25, 0.3) is 11.6 Å². The van der Waals surface area contributed by atoms with Crippen molar-refractivity contribution in [1.29, 1.82) is 0 Å². The van der Waals surface area contributed by atoms with Crippen molar-refractivity contribution in [2.24, 2.45) is 0 Å². The van der Waals surface area contributed by atoms with E-state index in [0.717, 1.165) is 29.5 Å². The molecule has 0 fully saturated rings.